The standard InChI is InChI=1S/C14H16BrNO2/c1-3-11(15)14(17)16-9(2)13-8-10-6-4-5-7-12(10)18-13/h4-9,11H,3H2,1-2H3,(H,16,17). The van der Waals surface area contributed by atoms with Gasteiger partial charge in [0.1, 0.15) is 11.3 Å². The average Bonchev–Trinajstić information content (AvgIpc) is 2.81. The third-order valence-electron chi connectivity index (χ3n) is 2.87. The highest BCUT2D eigenvalue weighted by Crippen LogP contribution is 2.23. The lowest BCUT2D eigenvalue weighted by molar-refractivity contribution is -0.121. The van der Waals surface area contributed by atoms with Gasteiger partial charge in [-0.05, 0) is 25.5 Å². The van der Waals surface area contributed by atoms with Crippen LogP contribution in [0.3, 0.4) is 0 Å². The summed E-state index contributed by atoms with van der Waals surface area (Å²) in [7, 11) is 0. The van der Waals surface area contributed by atoms with Crippen LogP contribution in [-0.4, -0.2) is 10.7 Å². The van der Waals surface area contributed by atoms with E-state index in [-0.39, 0.29) is 16.8 Å². The van der Waals surface area contributed by atoms with Crippen LogP contribution in [-0.2, 0) is 4.79 Å². The maximum absolute atomic E-state index is 11.8. The van der Waals surface area contributed by atoms with Gasteiger partial charge in [0.25, 0.3) is 0 Å². The summed E-state index contributed by atoms with van der Waals surface area (Å²) >= 11 is 3.34. The molecule has 2 aromatic rings. The largest absolute Gasteiger partial charge is 0.459 e. The average molecular weight is 310 g/mol. The lowest BCUT2D eigenvalue weighted by Gasteiger charge is -2.13. The number of hydrogen-bond acceptors (Lipinski definition) is 2. The Labute approximate surface area is 115 Å². The fraction of sp³-hybridized carbons (Fsp3) is 0.357. The summed E-state index contributed by atoms with van der Waals surface area (Å²) in [6, 6.07) is 9.66. The Hall–Kier alpha value is -1.29. The number of benzene rings is 1. The second-order valence-electron chi connectivity index (χ2n) is 4.29. The number of amides is 1. The fourth-order valence-corrected chi connectivity index (χ4v) is 1.91. The maximum atomic E-state index is 11.8. The summed E-state index contributed by atoms with van der Waals surface area (Å²) in [5.41, 5.74) is 0.847. The van der Waals surface area contributed by atoms with Crippen molar-refractivity contribution < 1.29 is 9.21 Å². The molecule has 1 amide bonds. The normalized spacial score (nSPS) is 14.4. The van der Waals surface area contributed by atoms with Crippen LogP contribution in [0, 0.1) is 0 Å². The van der Waals surface area contributed by atoms with Crippen molar-refractivity contribution in [3.8, 4) is 0 Å². The second kappa shape index (κ2) is 5.57. The summed E-state index contributed by atoms with van der Waals surface area (Å²) in [4.78, 5) is 11.6. The number of fused-ring (bicyclic) bond motifs is 1. The summed E-state index contributed by atoms with van der Waals surface area (Å²) in [5, 5.41) is 3.98. The highest BCUT2D eigenvalue weighted by molar-refractivity contribution is 9.10. The van der Waals surface area contributed by atoms with Crippen molar-refractivity contribution in [1.29, 1.82) is 0 Å². The Morgan fingerprint density at radius 1 is 1.44 bits per heavy atom. The molecule has 2 unspecified atom stereocenters. The molecular weight excluding hydrogens is 294 g/mol. The first-order valence-corrected chi connectivity index (χ1v) is 6.96. The molecule has 18 heavy (non-hydrogen) atoms. The molecule has 4 heteroatoms. The molecule has 0 aliphatic carbocycles. The fourth-order valence-electron chi connectivity index (χ4n) is 1.78. The summed E-state index contributed by atoms with van der Waals surface area (Å²) in [6.07, 6.45) is 0.763. The zero-order chi connectivity index (χ0) is 13.1. The topological polar surface area (TPSA) is 42.2 Å². The van der Waals surface area contributed by atoms with Gasteiger partial charge in [0.2, 0.25) is 5.91 Å². The third kappa shape index (κ3) is 2.75. The molecule has 1 N–H and O–H groups in total. The van der Waals surface area contributed by atoms with Gasteiger partial charge in [-0.3, -0.25) is 4.79 Å². The molecule has 2 rings (SSSR count). The zero-order valence-electron chi connectivity index (χ0n) is 10.4. The van der Waals surface area contributed by atoms with Crippen LogP contribution in [0.5, 0.6) is 0 Å². The number of carbonyl (C=O) groups is 1. The molecule has 96 valence electrons. The number of alkyl halides is 1. The van der Waals surface area contributed by atoms with Gasteiger partial charge in [-0.1, -0.05) is 41.1 Å². The van der Waals surface area contributed by atoms with Crippen molar-refractivity contribution in [2.45, 2.75) is 31.1 Å². The first-order chi connectivity index (χ1) is 8.61. The Morgan fingerprint density at radius 3 is 2.83 bits per heavy atom. The van der Waals surface area contributed by atoms with Gasteiger partial charge in [-0.2, -0.15) is 0 Å². The minimum atomic E-state index is -0.149. The first kappa shape index (κ1) is 13.1. The van der Waals surface area contributed by atoms with Gasteiger partial charge in [-0.15, -0.1) is 0 Å². The molecule has 3 nitrogen and oxygen atoms in total. The molecule has 1 heterocycles. The first-order valence-electron chi connectivity index (χ1n) is 6.04. The van der Waals surface area contributed by atoms with Crippen LogP contribution in [0.4, 0.5) is 0 Å². The van der Waals surface area contributed by atoms with Crippen LogP contribution in [0.15, 0.2) is 34.7 Å². The van der Waals surface area contributed by atoms with E-state index in [0.29, 0.717) is 0 Å². The number of carbonyl (C=O) groups excluding carboxylic acids is 1. The number of hydrogen-bond donors (Lipinski definition) is 1. The SMILES string of the molecule is CCC(Br)C(=O)NC(C)c1cc2ccccc2o1. The zero-order valence-corrected chi connectivity index (χ0v) is 12.0. The molecule has 1 aromatic heterocycles. The van der Waals surface area contributed by atoms with E-state index >= 15 is 0 Å². The van der Waals surface area contributed by atoms with E-state index in [4.69, 9.17) is 4.42 Å². The van der Waals surface area contributed by atoms with Crippen molar-refractivity contribution in [2.24, 2.45) is 0 Å². The number of rotatable bonds is 4. The molecule has 0 radical (unpaired) electrons. The van der Waals surface area contributed by atoms with E-state index < -0.39 is 0 Å². The van der Waals surface area contributed by atoms with Gasteiger partial charge in [0.15, 0.2) is 0 Å². The number of nitrogens with one attached hydrogen (secondary N) is 1. The molecular formula is C14H16BrNO2. The minimum absolute atomic E-state index is 0.00884. The summed E-state index contributed by atoms with van der Waals surface area (Å²) < 4.78 is 5.71. The Morgan fingerprint density at radius 2 is 2.17 bits per heavy atom. The van der Waals surface area contributed by atoms with Crippen molar-refractivity contribution in [2.75, 3.05) is 0 Å². The number of furan rings is 1. The molecule has 0 bridgehead atoms. The van der Waals surface area contributed by atoms with E-state index in [1.807, 2.05) is 44.2 Å². The maximum Gasteiger partial charge on any atom is 0.234 e. The lowest BCUT2D eigenvalue weighted by Crippen LogP contribution is -2.32. The van der Waals surface area contributed by atoms with Crippen LogP contribution >= 0.6 is 15.9 Å². The van der Waals surface area contributed by atoms with Gasteiger partial charge in [0.05, 0.1) is 10.9 Å². The molecule has 0 aliphatic heterocycles. The summed E-state index contributed by atoms with van der Waals surface area (Å²) in [6.45, 7) is 3.88. The van der Waals surface area contributed by atoms with E-state index in [0.717, 1.165) is 23.2 Å². The molecule has 0 saturated heterocycles. The van der Waals surface area contributed by atoms with Gasteiger partial charge < -0.3 is 9.73 Å². The van der Waals surface area contributed by atoms with Crippen molar-refractivity contribution in [3.63, 3.8) is 0 Å². The predicted octanol–water partition coefficient (Wildman–Crippen LogP) is 3.78. The van der Waals surface area contributed by atoms with Gasteiger partial charge >= 0.3 is 0 Å². The molecule has 0 spiro atoms. The van der Waals surface area contributed by atoms with E-state index in [1.165, 1.54) is 0 Å². The minimum Gasteiger partial charge on any atom is -0.459 e. The Kier molecular flexibility index (Phi) is 4.07. The van der Waals surface area contributed by atoms with Crippen LogP contribution < -0.4 is 5.32 Å². The molecule has 1 aromatic carbocycles. The van der Waals surface area contributed by atoms with Gasteiger partial charge in [0, 0.05) is 5.39 Å². The Balaban J connectivity index is 2.13. The van der Waals surface area contributed by atoms with E-state index in [1.54, 1.807) is 0 Å². The van der Waals surface area contributed by atoms with Gasteiger partial charge in [-0.25, -0.2) is 0 Å². The smallest absolute Gasteiger partial charge is 0.234 e. The third-order valence-corrected chi connectivity index (χ3v) is 3.94. The molecule has 0 fully saturated rings. The Bertz CT molecular complexity index is 516. The number of para-hydroxylation sites is 1. The second-order valence-corrected chi connectivity index (χ2v) is 5.40. The van der Waals surface area contributed by atoms with Crippen LogP contribution in [0.1, 0.15) is 32.1 Å². The van der Waals surface area contributed by atoms with Crippen LogP contribution in [0.2, 0.25) is 0 Å². The summed E-state index contributed by atoms with van der Waals surface area (Å²) in [5.74, 6) is 0.769. The molecule has 0 saturated carbocycles. The van der Waals surface area contributed by atoms with E-state index in [9.17, 15) is 4.79 Å². The predicted molar refractivity (Wildman–Crippen MR) is 75.8 cm³/mol. The highest BCUT2D eigenvalue weighted by atomic mass is 79.9. The molecule has 2 atom stereocenters. The highest BCUT2D eigenvalue weighted by Gasteiger charge is 2.18. The van der Waals surface area contributed by atoms with E-state index in [2.05, 4.69) is 21.2 Å². The lowest BCUT2D eigenvalue weighted by atomic mass is 10.2. The van der Waals surface area contributed by atoms with Crippen molar-refractivity contribution >= 4 is 32.8 Å². The quantitative estimate of drug-likeness (QED) is 0.873. The molecule has 0 aliphatic rings. The van der Waals surface area contributed by atoms with Crippen molar-refractivity contribution in [3.05, 3.63) is 36.1 Å². The monoisotopic (exact) mass is 309 g/mol. The number of halogens is 1. The van der Waals surface area contributed by atoms with Crippen LogP contribution in [0.25, 0.3) is 11.0 Å². The van der Waals surface area contributed by atoms with Crippen molar-refractivity contribution in [1.82, 2.24) is 5.32 Å².